The summed E-state index contributed by atoms with van der Waals surface area (Å²) in [6.45, 7) is 0. The SMILES string of the molecule is c1ccc(-c2ccc(-c3ccccc3N(c3ccc(-c4cccc(-c5ccc6ccccc6c5)c4)cc3)c3ccc(-c4cccc5oc6ccccc6c45)cc3)cc2)cc1. The van der Waals surface area contributed by atoms with Gasteiger partial charge in [-0.3, -0.25) is 0 Å². The maximum atomic E-state index is 6.26. The molecule has 0 aliphatic rings. The lowest BCUT2D eigenvalue weighted by molar-refractivity contribution is 0.669. The molecule has 11 aromatic rings. The van der Waals surface area contributed by atoms with Crippen molar-refractivity contribution in [3.05, 3.63) is 237 Å². The Morgan fingerprint density at radius 3 is 1.57 bits per heavy atom. The summed E-state index contributed by atoms with van der Waals surface area (Å²) in [5, 5.41) is 4.77. The van der Waals surface area contributed by atoms with Crippen LogP contribution in [0.3, 0.4) is 0 Å². The predicted octanol–water partition coefficient (Wildman–Crippen LogP) is 16.5. The highest BCUT2D eigenvalue weighted by Gasteiger charge is 2.19. The van der Waals surface area contributed by atoms with Crippen molar-refractivity contribution in [3.63, 3.8) is 0 Å². The second kappa shape index (κ2) is 15.1. The van der Waals surface area contributed by atoms with Crippen LogP contribution >= 0.6 is 0 Å². The van der Waals surface area contributed by atoms with Gasteiger partial charge in [-0.05, 0) is 115 Å². The molecule has 0 unspecified atom stereocenters. The molecule has 0 fully saturated rings. The van der Waals surface area contributed by atoms with Gasteiger partial charge < -0.3 is 9.32 Å². The van der Waals surface area contributed by atoms with Crippen molar-refractivity contribution in [1.29, 1.82) is 0 Å². The molecule has 1 aromatic heterocycles. The maximum absolute atomic E-state index is 6.26. The lowest BCUT2D eigenvalue weighted by Gasteiger charge is -2.28. The van der Waals surface area contributed by atoms with Crippen LogP contribution in [-0.2, 0) is 0 Å². The fraction of sp³-hybridized carbons (Fsp3) is 0. The van der Waals surface area contributed by atoms with Gasteiger partial charge in [-0.2, -0.15) is 0 Å². The van der Waals surface area contributed by atoms with E-state index in [0.29, 0.717) is 0 Å². The van der Waals surface area contributed by atoms with E-state index in [1.165, 1.54) is 44.2 Å². The predicted molar refractivity (Wildman–Crippen MR) is 253 cm³/mol. The highest BCUT2D eigenvalue weighted by Crippen LogP contribution is 2.43. The van der Waals surface area contributed by atoms with Crippen LogP contribution < -0.4 is 4.90 Å². The summed E-state index contributed by atoms with van der Waals surface area (Å²) in [6.07, 6.45) is 0. The van der Waals surface area contributed by atoms with Crippen LogP contribution in [0.15, 0.2) is 241 Å². The molecular formula is C58H39NO. The molecule has 0 atom stereocenters. The second-order valence-electron chi connectivity index (χ2n) is 15.3. The van der Waals surface area contributed by atoms with Gasteiger partial charge in [0.1, 0.15) is 11.2 Å². The van der Waals surface area contributed by atoms with Crippen LogP contribution in [0.5, 0.6) is 0 Å². The number of nitrogens with zero attached hydrogens (tertiary/aromatic N) is 1. The fourth-order valence-corrected chi connectivity index (χ4v) is 8.67. The van der Waals surface area contributed by atoms with Crippen LogP contribution in [0, 0.1) is 0 Å². The van der Waals surface area contributed by atoms with E-state index in [-0.39, 0.29) is 0 Å². The Hall–Kier alpha value is -7.94. The van der Waals surface area contributed by atoms with E-state index in [1.807, 2.05) is 12.1 Å². The summed E-state index contributed by atoms with van der Waals surface area (Å²) < 4.78 is 6.26. The Morgan fingerprint density at radius 1 is 0.283 bits per heavy atom. The third kappa shape index (κ3) is 6.51. The van der Waals surface area contributed by atoms with E-state index in [9.17, 15) is 0 Å². The smallest absolute Gasteiger partial charge is 0.136 e. The van der Waals surface area contributed by atoms with Gasteiger partial charge in [-0.25, -0.2) is 0 Å². The number of furan rings is 1. The summed E-state index contributed by atoms with van der Waals surface area (Å²) in [6, 6.07) is 84.9. The number of hydrogen-bond donors (Lipinski definition) is 0. The van der Waals surface area contributed by atoms with Crippen molar-refractivity contribution in [1.82, 2.24) is 0 Å². The van der Waals surface area contributed by atoms with Gasteiger partial charge in [0.2, 0.25) is 0 Å². The Labute approximate surface area is 349 Å². The summed E-state index contributed by atoms with van der Waals surface area (Å²) in [5.74, 6) is 0. The summed E-state index contributed by atoms with van der Waals surface area (Å²) in [5.41, 5.74) is 16.8. The summed E-state index contributed by atoms with van der Waals surface area (Å²) in [7, 11) is 0. The number of benzene rings is 10. The normalized spacial score (nSPS) is 11.3. The van der Waals surface area contributed by atoms with Crippen LogP contribution in [0.4, 0.5) is 17.1 Å². The maximum Gasteiger partial charge on any atom is 0.136 e. The van der Waals surface area contributed by atoms with Crippen molar-refractivity contribution in [3.8, 4) is 55.6 Å². The van der Waals surface area contributed by atoms with E-state index in [2.05, 4.69) is 229 Å². The van der Waals surface area contributed by atoms with Gasteiger partial charge in [-0.15, -0.1) is 0 Å². The first-order valence-corrected chi connectivity index (χ1v) is 20.5. The van der Waals surface area contributed by atoms with Crippen LogP contribution in [-0.4, -0.2) is 0 Å². The van der Waals surface area contributed by atoms with Crippen molar-refractivity contribution in [2.75, 3.05) is 4.90 Å². The lowest BCUT2D eigenvalue weighted by Crippen LogP contribution is -2.11. The fourth-order valence-electron chi connectivity index (χ4n) is 8.67. The molecule has 10 aromatic carbocycles. The molecule has 0 saturated carbocycles. The van der Waals surface area contributed by atoms with Gasteiger partial charge in [0.25, 0.3) is 0 Å². The molecular weight excluding hydrogens is 727 g/mol. The van der Waals surface area contributed by atoms with Crippen LogP contribution in [0.25, 0.3) is 88.3 Å². The zero-order valence-electron chi connectivity index (χ0n) is 32.9. The average Bonchev–Trinajstić information content (AvgIpc) is 3.72. The third-order valence-corrected chi connectivity index (χ3v) is 11.7. The van der Waals surface area contributed by atoms with Crippen molar-refractivity contribution in [2.45, 2.75) is 0 Å². The van der Waals surface area contributed by atoms with Crippen molar-refractivity contribution < 1.29 is 4.42 Å². The molecule has 0 aliphatic carbocycles. The molecule has 11 rings (SSSR count). The Morgan fingerprint density at radius 2 is 0.767 bits per heavy atom. The Bertz CT molecular complexity index is 3290. The molecule has 0 bridgehead atoms. The molecule has 1 heterocycles. The monoisotopic (exact) mass is 765 g/mol. The first-order chi connectivity index (χ1) is 29.7. The average molecular weight is 766 g/mol. The highest BCUT2D eigenvalue weighted by atomic mass is 16.3. The second-order valence-corrected chi connectivity index (χ2v) is 15.3. The van der Waals surface area contributed by atoms with Gasteiger partial charge in [0.05, 0.1) is 5.69 Å². The minimum atomic E-state index is 0.898. The molecule has 0 aliphatic heterocycles. The number of rotatable bonds is 8. The zero-order valence-corrected chi connectivity index (χ0v) is 32.9. The number of fused-ring (bicyclic) bond motifs is 4. The quantitative estimate of drug-likeness (QED) is 0.153. The molecule has 2 heteroatoms. The molecule has 0 amide bonds. The highest BCUT2D eigenvalue weighted by molar-refractivity contribution is 6.12. The third-order valence-electron chi connectivity index (χ3n) is 11.7. The lowest BCUT2D eigenvalue weighted by atomic mass is 9.96. The van der Waals surface area contributed by atoms with Crippen LogP contribution in [0.1, 0.15) is 0 Å². The first kappa shape index (κ1) is 35.2. The van der Waals surface area contributed by atoms with Crippen molar-refractivity contribution >= 4 is 49.8 Å². The van der Waals surface area contributed by atoms with Gasteiger partial charge in [0.15, 0.2) is 0 Å². The van der Waals surface area contributed by atoms with E-state index in [4.69, 9.17) is 4.42 Å². The van der Waals surface area contributed by atoms with Crippen LogP contribution in [0.2, 0.25) is 0 Å². The van der Waals surface area contributed by atoms with E-state index >= 15 is 0 Å². The molecule has 0 spiro atoms. The molecule has 2 nitrogen and oxygen atoms in total. The first-order valence-electron chi connectivity index (χ1n) is 20.5. The van der Waals surface area contributed by atoms with E-state index in [1.54, 1.807) is 0 Å². The number of hydrogen-bond acceptors (Lipinski definition) is 2. The van der Waals surface area contributed by atoms with E-state index < -0.39 is 0 Å². The molecule has 0 radical (unpaired) electrons. The molecule has 0 saturated heterocycles. The van der Waals surface area contributed by atoms with Gasteiger partial charge in [-0.1, -0.05) is 182 Å². The number of anilines is 3. The molecule has 282 valence electrons. The minimum absolute atomic E-state index is 0.898. The van der Waals surface area contributed by atoms with Gasteiger partial charge >= 0.3 is 0 Å². The standard InChI is InChI=1S/C58H39NO/c1-2-12-40(13-3-1)42-24-27-44(28-25-42)52-18-6-8-21-55(52)59(51-36-32-45(33-37-51)53-20-11-23-57-58(53)54-19-7-9-22-56(54)60-57)50-34-30-43(31-35-50)47-16-10-17-48(38-47)49-29-26-41-14-4-5-15-46(41)39-49/h1-39H. The topological polar surface area (TPSA) is 16.4 Å². The Kier molecular flexibility index (Phi) is 8.87. The zero-order chi connectivity index (χ0) is 39.8. The molecule has 0 N–H and O–H groups in total. The number of para-hydroxylation sites is 2. The summed E-state index contributed by atoms with van der Waals surface area (Å²) in [4.78, 5) is 2.38. The minimum Gasteiger partial charge on any atom is -0.456 e. The summed E-state index contributed by atoms with van der Waals surface area (Å²) >= 11 is 0. The largest absolute Gasteiger partial charge is 0.456 e. The molecule has 60 heavy (non-hydrogen) atoms. The van der Waals surface area contributed by atoms with Crippen molar-refractivity contribution in [2.24, 2.45) is 0 Å². The van der Waals surface area contributed by atoms with E-state index in [0.717, 1.165) is 61.3 Å². The Balaban J connectivity index is 0.994. The van der Waals surface area contributed by atoms with Gasteiger partial charge in [0, 0.05) is 27.7 Å².